The van der Waals surface area contributed by atoms with Crippen LogP contribution in [0.1, 0.15) is 36.7 Å². The third kappa shape index (κ3) is 4.08. The van der Waals surface area contributed by atoms with Crippen LogP contribution < -0.4 is 5.32 Å². The molecule has 0 aliphatic carbocycles. The predicted molar refractivity (Wildman–Crippen MR) is 80.9 cm³/mol. The molecule has 0 amide bonds. The van der Waals surface area contributed by atoms with Crippen molar-refractivity contribution in [2.24, 2.45) is 5.92 Å². The maximum absolute atomic E-state index is 13.4. The van der Waals surface area contributed by atoms with Gasteiger partial charge in [-0.25, -0.2) is 8.78 Å². The summed E-state index contributed by atoms with van der Waals surface area (Å²) in [7, 11) is 0. The van der Waals surface area contributed by atoms with Crippen LogP contribution in [0.4, 0.5) is 8.78 Å². The number of rotatable bonds is 6. The van der Waals surface area contributed by atoms with Gasteiger partial charge in [0.1, 0.15) is 11.6 Å². The van der Waals surface area contributed by atoms with Gasteiger partial charge >= 0.3 is 0 Å². The number of hydrogen-bond acceptors (Lipinski definition) is 3. The minimum atomic E-state index is -0.410. The number of aliphatic hydroxyl groups is 1. The molecule has 0 aliphatic heterocycles. The number of nitrogens with zero attached hydrogens (tertiary/aromatic N) is 1. The highest BCUT2D eigenvalue weighted by Crippen LogP contribution is 2.21. The summed E-state index contributed by atoms with van der Waals surface area (Å²) in [6, 6.07) is 7.68. The van der Waals surface area contributed by atoms with Crippen LogP contribution in [0.3, 0.4) is 0 Å². The topological polar surface area (TPSA) is 45.1 Å². The predicted octanol–water partition coefficient (Wildman–Crippen LogP) is 3.34. The molecule has 0 bridgehead atoms. The molecule has 2 rings (SSSR count). The fourth-order valence-electron chi connectivity index (χ4n) is 2.34. The molecule has 118 valence electrons. The van der Waals surface area contributed by atoms with Gasteiger partial charge in [0.15, 0.2) is 0 Å². The zero-order valence-electron chi connectivity index (χ0n) is 12.7. The monoisotopic (exact) mass is 306 g/mol. The fourth-order valence-corrected chi connectivity index (χ4v) is 2.34. The van der Waals surface area contributed by atoms with E-state index in [9.17, 15) is 8.78 Å². The van der Waals surface area contributed by atoms with Gasteiger partial charge in [0.2, 0.25) is 0 Å². The normalized spacial score (nSPS) is 12.6. The van der Waals surface area contributed by atoms with Gasteiger partial charge in [-0.2, -0.15) is 0 Å². The van der Waals surface area contributed by atoms with Crippen LogP contribution in [0.25, 0.3) is 0 Å². The minimum absolute atomic E-state index is 0.0387. The Labute approximate surface area is 129 Å². The number of hydrogen-bond donors (Lipinski definition) is 2. The summed E-state index contributed by atoms with van der Waals surface area (Å²) in [5.41, 5.74) is 1.92. The highest BCUT2D eigenvalue weighted by molar-refractivity contribution is 5.25. The van der Waals surface area contributed by atoms with Crippen LogP contribution in [0.5, 0.6) is 0 Å². The molecule has 1 atom stereocenters. The SMILES string of the molecule is CC(C)C(NCc1ccc(F)c(CO)c1)c1ccc(F)cn1. The van der Waals surface area contributed by atoms with Crippen LogP contribution in [0.2, 0.25) is 0 Å². The van der Waals surface area contributed by atoms with Crippen LogP contribution in [0.15, 0.2) is 36.5 Å². The van der Waals surface area contributed by atoms with Crippen LogP contribution in [-0.2, 0) is 13.2 Å². The lowest BCUT2D eigenvalue weighted by Gasteiger charge is -2.22. The van der Waals surface area contributed by atoms with Crippen LogP contribution >= 0.6 is 0 Å². The van der Waals surface area contributed by atoms with Crippen molar-refractivity contribution in [1.29, 1.82) is 0 Å². The summed E-state index contributed by atoms with van der Waals surface area (Å²) in [4.78, 5) is 4.12. The van der Waals surface area contributed by atoms with E-state index in [4.69, 9.17) is 5.11 Å². The molecule has 1 unspecified atom stereocenters. The number of nitrogens with one attached hydrogen (secondary N) is 1. The van der Waals surface area contributed by atoms with Gasteiger partial charge in [0, 0.05) is 12.1 Å². The molecule has 0 fully saturated rings. The first-order valence-corrected chi connectivity index (χ1v) is 7.24. The molecule has 2 aromatic rings. The van der Waals surface area contributed by atoms with Crippen molar-refractivity contribution in [1.82, 2.24) is 10.3 Å². The average Bonchev–Trinajstić information content (AvgIpc) is 2.50. The van der Waals surface area contributed by atoms with Crippen molar-refractivity contribution in [3.63, 3.8) is 0 Å². The van der Waals surface area contributed by atoms with Crippen molar-refractivity contribution in [2.75, 3.05) is 0 Å². The van der Waals surface area contributed by atoms with Gasteiger partial charge in [-0.15, -0.1) is 0 Å². The van der Waals surface area contributed by atoms with E-state index >= 15 is 0 Å². The van der Waals surface area contributed by atoms with Gasteiger partial charge in [0.25, 0.3) is 0 Å². The molecule has 0 aliphatic rings. The fraction of sp³-hybridized carbons (Fsp3) is 0.353. The Morgan fingerprint density at radius 2 is 1.95 bits per heavy atom. The third-order valence-corrected chi connectivity index (χ3v) is 3.54. The van der Waals surface area contributed by atoms with E-state index in [1.807, 2.05) is 13.8 Å². The maximum atomic E-state index is 13.4. The maximum Gasteiger partial charge on any atom is 0.141 e. The van der Waals surface area contributed by atoms with E-state index in [0.29, 0.717) is 6.54 Å². The lowest BCUT2D eigenvalue weighted by Crippen LogP contribution is -2.26. The number of benzene rings is 1. The molecule has 1 heterocycles. The van der Waals surface area contributed by atoms with E-state index < -0.39 is 5.82 Å². The molecule has 1 aromatic heterocycles. The molecule has 0 saturated heterocycles. The Kier molecular flexibility index (Phi) is 5.57. The lowest BCUT2D eigenvalue weighted by molar-refractivity contribution is 0.275. The van der Waals surface area contributed by atoms with Crippen molar-refractivity contribution >= 4 is 0 Å². The van der Waals surface area contributed by atoms with Crippen molar-refractivity contribution in [3.05, 3.63) is 65.0 Å². The molecule has 0 saturated carbocycles. The van der Waals surface area contributed by atoms with Gasteiger partial charge < -0.3 is 10.4 Å². The Balaban J connectivity index is 2.11. The Morgan fingerprint density at radius 3 is 2.55 bits per heavy atom. The molecular formula is C17H20F2N2O. The van der Waals surface area contributed by atoms with Gasteiger partial charge in [-0.1, -0.05) is 19.9 Å². The van der Waals surface area contributed by atoms with E-state index in [1.54, 1.807) is 18.2 Å². The Hall–Kier alpha value is -1.85. The second kappa shape index (κ2) is 7.42. The average molecular weight is 306 g/mol. The zero-order valence-corrected chi connectivity index (χ0v) is 12.7. The summed E-state index contributed by atoms with van der Waals surface area (Å²) in [6.45, 7) is 4.28. The van der Waals surface area contributed by atoms with Crippen LogP contribution in [0, 0.1) is 17.6 Å². The second-order valence-electron chi connectivity index (χ2n) is 5.59. The van der Waals surface area contributed by atoms with Crippen LogP contribution in [-0.4, -0.2) is 10.1 Å². The number of aliphatic hydroxyl groups excluding tert-OH is 1. The van der Waals surface area contributed by atoms with Crippen molar-refractivity contribution in [3.8, 4) is 0 Å². The summed E-state index contributed by atoms with van der Waals surface area (Å²) < 4.78 is 26.4. The molecular weight excluding hydrogens is 286 g/mol. The quantitative estimate of drug-likeness (QED) is 0.860. The number of halogens is 2. The lowest BCUT2D eigenvalue weighted by atomic mass is 9.99. The smallest absolute Gasteiger partial charge is 0.141 e. The number of aromatic nitrogens is 1. The highest BCUT2D eigenvalue weighted by atomic mass is 19.1. The molecule has 0 spiro atoms. The standard InChI is InChI=1S/C17H20F2N2O/c1-11(2)17(16-6-4-14(18)9-20-16)21-8-12-3-5-15(19)13(7-12)10-22/h3-7,9,11,17,21-22H,8,10H2,1-2H3. The minimum Gasteiger partial charge on any atom is -0.392 e. The first kappa shape index (κ1) is 16.5. The van der Waals surface area contributed by atoms with E-state index in [-0.39, 0.29) is 29.9 Å². The summed E-state index contributed by atoms with van der Waals surface area (Å²) >= 11 is 0. The molecule has 22 heavy (non-hydrogen) atoms. The highest BCUT2D eigenvalue weighted by Gasteiger charge is 2.17. The number of pyridine rings is 1. The molecule has 5 heteroatoms. The molecule has 3 nitrogen and oxygen atoms in total. The first-order chi connectivity index (χ1) is 10.5. The largest absolute Gasteiger partial charge is 0.392 e. The molecule has 2 N–H and O–H groups in total. The Bertz CT molecular complexity index is 615. The van der Waals surface area contributed by atoms with E-state index in [0.717, 1.165) is 11.3 Å². The molecule has 1 aromatic carbocycles. The first-order valence-electron chi connectivity index (χ1n) is 7.24. The third-order valence-electron chi connectivity index (χ3n) is 3.54. The van der Waals surface area contributed by atoms with Gasteiger partial charge in [0.05, 0.1) is 24.5 Å². The van der Waals surface area contributed by atoms with Gasteiger partial charge in [-0.3, -0.25) is 4.98 Å². The second-order valence-corrected chi connectivity index (χ2v) is 5.59. The molecule has 0 radical (unpaired) electrons. The van der Waals surface area contributed by atoms with E-state index in [1.165, 1.54) is 18.3 Å². The van der Waals surface area contributed by atoms with Gasteiger partial charge in [-0.05, 0) is 35.7 Å². The zero-order chi connectivity index (χ0) is 16.1. The van der Waals surface area contributed by atoms with E-state index in [2.05, 4.69) is 10.3 Å². The summed E-state index contributed by atoms with van der Waals surface area (Å²) in [5, 5.41) is 12.5. The van der Waals surface area contributed by atoms with Crippen molar-refractivity contribution in [2.45, 2.75) is 33.0 Å². The van der Waals surface area contributed by atoms with Crippen molar-refractivity contribution < 1.29 is 13.9 Å². The Morgan fingerprint density at radius 1 is 1.18 bits per heavy atom. The summed E-state index contributed by atoms with van der Waals surface area (Å²) in [6.07, 6.45) is 1.20. The summed E-state index contributed by atoms with van der Waals surface area (Å²) in [5.74, 6) is -0.514.